The molecule has 2 atom stereocenters. The van der Waals surface area contributed by atoms with E-state index in [1.165, 1.54) is 32.4 Å². The second-order valence-electron chi connectivity index (χ2n) is 7.70. The summed E-state index contributed by atoms with van der Waals surface area (Å²) >= 11 is 0. The van der Waals surface area contributed by atoms with Crippen LogP contribution in [-0.4, -0.2) is 67.1 Å². The number of nitrogens with one attached hydrogen (secondary N) is 1. The molecule has 0 saturated carbocycles. The molecule has 1 aromatic carbocycles. The lowest BCUT2D eigenvalue weighted by atomic mass is 10.1. The zero-order valence-corrected chi connectivity index (χ0v) is 16.2. The minimum Gasteiger partial charge on any atom is -0.494 e. The molecule has 1 amide bonds. The number of hydrogen-bond donors (Lipinski definition) is 1. The largest absolute Gasteiger partial charge is 0.494 e. The Morgan fingerprint density at radius 3 is 2.38 bits per heavy atom. The van der Waals surface area contributed by atoms with Crippen LogP contribution in [0.2, 0.25) is 0 Å². The summed E-state index contributed by atoms with van der Waals surface area (Å²) in [5.74, 6) is 0.963. The maximum Gasteiger partial charge on any atom is 0.254 e. The van der Waals surface area contributed by atoms with Crippen molar-refractivity contribution in [2.45, 2.75) is 51.6 Å². The number of piperazine rings is 1. The van der Waals surface area contributed by atoms with E-state index in [0.717, 1.165) is 44.0 Å². The summed E-state index contributed by atoms with van der Waals surface area (Å²) in [6.07, 6.45) is 5.10. The van der Waals surface area contributed by atoms with E-state index in [1.54, 1.807) is 0 Å². The number of piperidine rings is 1. The zero-order valence-electron chi connectivity index (χ0n) is 16.2. The summed E-state index contributed by atoms with van der Waals surface area (Å²) in [4.78, 5) is 17.3. The number of rotatable bonds is 6. The van der Waals surface area contributed by atoms with Crippen LogP contribution < -0.4 is 10.1 Å². The molecule has 0 aliphatic carbocycles. The molecule has 2 aliphatic rings. The van der Waals surface area contributed by atoms with Crippen LogP contribution in [-0.2, 0) is 0 Å². The number of hydrogen-bond acceptors (Lipinski definition) is 4. The van der Waals surface area contributed by atoms with E-state index in [2.05, 4.69) is 24.1 Å². The number of benzene rings is 1. The third-order valence-electron chi connectivity index (χ3n) is 5.50. The van der Waals surface area contributed by atoms with Crippen LogP contribution in [0, 0.1) is 0 Å². The number of amides is 1. The molecule has 26 heavy (non-hydrogen) atoms. The van der Waals surface area contributed by atoms with Crippen molar-refractivity contribution in [3.63, 3.8) is 0 Å². The van der Waals surface area contributed by atoms with Gasteiger partial charge in [-0.05, 0) is 70.5 Å². The fourth-order valence-electron chi connectivity index (χ4n) is 4.04. The van der Waals surface area contributed by atoms with Gasteiger partial charge in [0.1, 0.15) is 5.75 Å². The molecule has 2 fully saturated rings. The Hall–Kier alpha value is -1.59. The Kier molecular flexibility index (Phi) is 6.92. The SMILES string of the molecule is C[C@@H]1CNC[C@H](C)N1C(=O)c1ccc(OCCCN2CCCCC2)cc1. The van der Waals surface area contributed by atoms with Gasteiger partial charge in [0.2, 0.25) is 0 Å². The summed E-state index contributed by atoms with van der Waals surface area (Å²) in [6, 6.07) is 8.07. The third kappa shape index (κ3) is 4.98. The maximum absolute atomic E-state index is 12.8. The van der Waals surface area contributed by atoms with Crippen molar-refractivity contribution in [1.82, 2.24) is 15.1 Å². The first-order chi connectivity index (χ1) is 12.6. The molecule has 5 heteroatoms. The quantitative estimate of drug-likeness (QED) is 0.794. The number of ether oxygens (including phenoxy) is 1. The van der Waals surface area contributed by atoms with E-state index in [-0.39, 0.29) is 18.0 Å². The van der Waals surface area contributed by atoms with Crippen molar-refractivity contribution in [3.8, 4) is 5.75 Å². The molecule has 0 radical (unpaired) electrons. The first kappa shape index (κ1) is 19.2. The second-order valence-corrected chi connectivity index (χ2v) is 7.70. The van der Waals surface area contributed by atoms with Gasteiger partial charge in [-0.3, -0.25) is 4.79 Å². The molecule has 0 bridgehead atoms. The van der Waals surface area contributed by atoms with Gasteiger partial charge in [0.25, 0.3) is 5.91 Å². The summed E-state index contributed by atoms with van der Waals surface area (Å²) in [7, 11) is 0. The summed E-state index contributed by atoms with van der Waals surface area (Å²) in [5, 5.41) is 3.36. The van der Waals surface area contributed by atoms with E-state index in [1.807, 2.05) is 29.2 Å². The molecule has 2 saturated heterocycles. The van der Waals surface area contributed by atoms with E-state index in [9.17, 15) is 4.79 Å². The Morgan fingerprint density at radius 1 is 1.08 bits per heavy atom. The third-order valence-corrected chi connectivity index (χ3v) is 5.50. The van der Waals surface area contributed by atoms with Gasteiger partial charge in [-0.25, -0.2) is 0 Å². The van der Waals surface area contributed by atoms with E-state index in [4.69, 9.17) is 4.74 Å². The maximum atomic E-state index is 12.8. The molecule has 144 valence electrons. The molecule has 0 spiro atoms. The highest BCUT2D eigenvalue weighted by Gasteiger charge is 2.29. The van der Waals surface area contributed by atoms with Crippen molar-refractivity contribution in [1.29, 1.82) is 0 Å². The van der Waals surface area contributed by atoms with Crippen LogP contribution in [0.25, 0.3) is 0 Å². The molecule has 2 heterocycles. The lowest BCUT2D eigenvalue weighted by Gasteiger charge is -2.39. The highest BCUT2D eigenvalue weighted by atomic mass is 16.5. The van der Waals surface area contributed by atoms with Gasteiger partial charge in [-0.2, -0.15) is 0 Å². The standard InChI is InChI=1S/C21H33N3O2/c1-17-15-22-16-18(2)24(17)21(25)19-7-9-20(10-8-19)26-14-6-13-23-11-4-3-5-12-23/h7-10,17-18,22H,3-6,11-16H2,1-2H3/t17-,18+. The fraction of sp³-hybridized carbons (Fsp3) is 0.667. The highest BCUT2D eigenvalue weighted by Crippen LogP contribution is 2.18. The molecule has 1 aromatic rings. The van der Waals surface area contributed by atoms with Crippen LogP contribution in [0.15, 0.2) is 24.3 Å². The van der Waals surface area contributed by atoms with Gasteiger partial charge >= 0.3 is 0 Å². The Balaban J connectivity index is 1.46. The van der Waals surface area contributed by atoms with Gasteiger partial charge in [0.05, 0.1) is 6.61 Å². The van der Waals surface area contributed by atoms with Gasteiger partial charge in [-0.15, -0.1) is 0 Å². The Bertz CT molecular complexity index is 559. The van der Waals surface area contributed by atoms with Crippen LogP contribution in [0.1, 0.15) is 49.9 Å². The van der Waals surface area contributed by atoms with Crippen LogP contribution in [0.5, 0.6) is 5.75 Å². The van der Waals surface area contributed by atoms with Crippen molar-refractivity contribution < 1.29 is 9.53 Å². The minimum atomic E-state index is 0.114. The Morgan fingerprint density at radius 2 is 1.73 bits per heavy atom. The van der Waals surface area contributed by atoms with Crippen molar-refractivity contribution in [3.05, 3.63) is 29.8 Å². The lowest BCUT2D eigenvalue weighted by molar-refractivity contribution is 0.0544. The molecular weight excluding hydrogens is 326 g/mol. The number of nitrogens with zero attached hydrogens (tertiary/aromatic N) is 2. The smallest absolute Gasteiger partial charge is 0.254 e. The minimum absolute atomic E-state index is 0.114. The van der Waals surface area contributed by atoms with Crippen LogP contribution in [0.4, 0.5) is 0 Å². The number of carbonyl (C=O) groups is 1. The molecular formula is C21H33N3O2. The molecule has 1 N–H and O–H groups in total. The molecule has 0 unspecified atom stereocenters. The van der Waals surface area contributed by atoms with Crippen molar-refractivity contribution in [2.24, 2.45) is 0 Å². The average molecular weight is 360 g/mol. The molecule has 3 rings (SSSR count). The predicted octanol–water partition coefficient (Wildman–Crippen LogP) is 2.76. The van der Waals surface area contributed by atoms with Crippen molar-refractivity contribution in [2.75, 3.05) is 39.3 Å². The molecule has 2 aliphatic heterocycles. The van der Waals surface area contributed by atoms with Crippen LogP contribution in [0.3, 0.4) is 0 Å². The highest BCUT2D eigenvalue weighted by molar-refractivity contribution is 5.94. The van der Waals surface area contributed by atoms with Crippen LogP contribution >= 0.6 is 0 Å². The lowest BCUT2D eigenvalue weighted by Crippen LogP contribution is -2.57. The van der Waals surface area contributed by atoms with Gasteiger partial charge in [0, 0.05) is 37.3 Å². The first-order valence-corrected chi connectivity index (χ1v) is 10.1. The fourth-order valence-corrected chi connectivity index (χ4v) is 4.04. The summed E-state index contributed by atoms with van der Waals surface area (Å²) < 4.78 is 5.86. The monoisotopic (exact) mass is 359 g/mol. The number of likely N-dealkylation sites (tertiary alicyclic amines) is 1. The second kappa shape index (κ2) is 9.38. The number of carbonyl (C=O) groups excluding carboxylic acids is 1. The topological polar surface area (TPSA) is 44.8 Å². The van der Waals surface area contributed by atoms with Gasteiger partial charge < -0.3 is 19.9 Å². The van der Waals surface area contributed by atoms with Gasteiger partial charge in [0.15, 0.2) is 0 Å². The average Bonchev–Trinajstić information content (AvgIpc) is 2.66. The van der Waals surface area contributed by atoms with E-state index < -0.39 is 0 Å². The van der Waals surface area contributed by atoms with E-state index >= 15 is 0 Å². The zero-order chi connectivity index (χ0) is 18.4. The van der Waals surface area contributed by atoms with Crippen molar-refractivity contribution >= 4 is 5.91 Å². The summed E-state index contributed by atoms with van der Waals surface area (Å²) in [6.45, 7) is 10.2. The molecule has 0 aromatic heterocycles. The Labute approximate surface area is 157 Å². The predicted molar refractivity (Wildman–Crippen MR) is 105 cm³/mol. The molecule has 5 nitrogen and oxygen atoms in total. The summed E-state index contributed by atoms with van der Waals surface area (Å²) in [5.41, 5.74) is 0.742. The van der Waals surface area contributed by atoms with Gasteiger partial charge in [-0.1, -0.05) is 6.42 Å². The first-order valence-electron chi connectivity index (χ1n) is 10.1. The van der Waals surface area contributed by atoms with E-state index in [0.29, 0.717) is 0 Å². The normalized spacial score (nSPS) is 24.5.